The summed E-state index contributed by atoms with van der Waals surface area (Å²) in [5.74, 6) is 0.838. The molecule has 0 amide bonds. The Bertz CT molecular complexity index is 132. The fraction of sp³-hybridized carbons (Fsp3) is 1.00. The quantitative estimate of drug-likeness (QED) is 0.709. The van der Waals surface area contributed by atoms with Crippen LogP contribution in [0, 0.1) is 5.92 Å². The third-order valence-electron chi connectivity index (χ3n) is 2.90. The molecule has 0 spiro atoms. The highest BCUT2D eigenvalue weighted by Gasteiger charge is 2.17. The Morgan fingerprint density at radius 3 is 2.77 bits per heavy atom. The van der Waals surface area contributed by atoms with E-state index in [9.17, 15) is 0 Å². The van der Waals surface area contributed by atoms with E-state index in [0.717, 1.165) is 19.1 Å². The maximum absolute atomic E-state index is 5.33. The molecule has 2 nitrogen and oxygen atoms in total. The van der Waals surface area contributed by atoms with Gasteiger partial charge < -0.3 is 10.1 Å². The zero-order valence-electron chi connectivity index (χ0n) is 9.18. The van der Waals surface area contributed by atoms with Gasteiger partial charge in [0, 0.05) is 18.7 Å². The monoisotopic (exact) mass is 185 g/mol. The molecule has 3 unspecified atom stereocenters. The van der Waals surface area contributed by atoms with Crippen molar-refractivity contribution in [3.63, 3.8) is 0 Å². The van der Waals surface area contributed by atoms with Crippen molar-refractivity contribution in [2.45, 2.75) is 52.1 Å². The van der Waals surface area contributed by atoms with Crippen LogP contribution >= 0.6 is 0 Å². The van der Waals surface area contributed by atoms with Crippen molar-refractivity contribution in [2.75, 3.05) is 13.2 Å². The van der Waals surface area contributed by atoms with Crippen molar-refractivity contribution in [2.24, 2.45) is 5.92 Å². The Morgan fingerprint density at radius 2 is 2.23 bits per heavy atom. The first kappa shape index (κ1) is 11.0. The predicted octanol–water partition coefficient (Wildman–Crippen LogP) is 2.19. The van der Waals surface area contributed by atoms with Gasteiger partial charge >= 0.3 is 0 Å². The van der Waals surface area contributed by atoms with Gasteiger partial charge in [-0.05, 0) is 25.7 Å². The minimum absolute atomic E-state index is 0.610. The van der Waals surface area contributed by atoms with E-state index in [1.807, 2.05) is 0 Å². The topological polar surface area (TPSA) is 21.3 Å². The molecule has 2 heteroatoms. The minimum Gasteiger partial charge on any atom is -0.380 e. The molecule has 1 N–H and O–H groups in total. The smallest absolute Gasteiger partial charge is 0.0620 e. The Hall–Kier alpha value is -0.0800. The molecule has 1 aliphatic rings. The first-order chi connectivity index (χ1) is 6.22. The van der Waals surface area contributed by atoms with E-state index in [4.69, 9.17) is 4.74 Å². The Morgan fingerprint density at radius 1 is 1.46 bits per heavy atom. The van der Waals surface area contributed by atoms with Gasteiger partial charge in [0.25, 0.3) is 0 Å². The van der Waals surface area contributed by atoms with E-state index >= 15 is 0 Å². The highest BCUT2D eigenvalue weighted by Crippen LogP contribution is 2.12. The Balaban J connectivity index is 2.12. The van der Waals surface area contributed by atoms with Gasteiger partial charge in [0.2, 0.25) is 0 Å². The molecule has 1 saturated heterocycles. The highest BCUT2D eigenvalue weighted by molar-refractivity contribution is 4.75. The average molecular weight is 185 g/mol. The van der Waals surface area contributed by atoms with Crippen molar-refractivity contribution in [1.29, 1.82) is 0 Å². The molecular weight excluding hydrogens is 162 g/mol. The molecule has 1 rings (SSSR count). The summed E-state index contributed by atoms with van der Waals surface area (Å²) in [5.41, 5.74) is 0. The van der Waals surface area contributed by atoms with Crippen LogP contribution < -0.4 is 5.32 Å². The lowest BCUT2D eigenvalue weighted by Gasteiger charge is -2.20. The molecular formula is C11H23NO. The zero-order valence-corrected chi connectivity index (χ0v) is 9.18. The standard InChI is InChI=1S/C11H23NO/c1-4-9(2)7-10(3)12-11-5-6-13-8-11/h9-12H,4-8H2,1-3H3. The molecule has 0 radical (unpaired) electrons. The van der Waals surface area contributed by atoms with E-state index in [2.05, 4.69) is 26.1 Å². The normalized spacial score (nSPS) is 27.5. The number of ether oxygens (including phenoxy) is 1. The van der Waals surface area contributed by atoms with E-state index in [1.54, 1.807) is 0 Å². The summed E-state index contributed by atoms with van der Waals surface area (Å²) in [4.78, 5) is 0. The lowest BCUT2D eigenvalue weighted by Crippen LogP contribution is -2.37. The largest absolute Gasteiger partial charge is 0.380 e. The van der Waals surface area contributed by atoms with Crippen molar-refractivity contribution < 1.29 is 4.74 Å². The number of hydrogen-bond acceptors (Lipinski definition) is 2. The average Bonchev–Trinajstić information content (AvgIpc) is 2.56. The highest BCUT2D eigenvalue weighted by atomic mass is 16.5. The fourth-order valence-corrected chi connectivity index (χ4v) is 1.91. The molecule has 1 fully saturated rings. The molecule has 3 atom stereocenters. The fourth-order valence-electron chi connectivity index (χ4n) is 1.91. The van der Waals surface area contributed by atoms with Gasteiger partial charge in [-0.15, -0.1) is 0 Å². The summed E-state index contributed by atoms with van der Waals surface area (Å²) in [6.07, 6.45) is 3.75. The second-order valence-corrected chi connectivity index (χ2v) is 4.38. The lowest BCUT2D eigenvalue weighted by atomic mass is 10.00. The van der Waals surface area contributed by atoms with Crippen LogP contribution in [0.2, 0.25) is 0 Å². The van der Waals surface area contributed by atoms with Crippen molar-refractivity contribution in [3.8, 4) is 0 Å². The third kappa shape index (κ3) is 4.10. The van der Waals surface area contributed by atoms with Crippen LogP contribution in [0.4, 0.5) is 0 Å². The first-order valence-corrected chi connectivity index (χ1v) is 5.56. The summed E-state index contributed by atoms with van der Waals surface area (Å²) in [7, 11) is 0. The van der Waals surface area contributed by atoms with Crippen LogP contribution in [0.15, 0.2) is 0 Å². The summed E-state index contributed by atoms with van der Waals surface area (Å²) in [6.45, 7) is 8.71. The van der Waals surface area contributed by atoms with Crippen molar-refractivity contribution in [1.82, 2.24) is 5.32 Å². The summed E-state index contributed by atoms with van der Waals surface area (Å²) in [6, 6.07) is 1.25. The molecule has 78 valence electrons. The van der Waals surface area contributed by atoms with Gasteiger partial charge in [0.15, 0.2) is 0 Å². The minimum atomic E-state index is 0.610. The molecule has 1 aliphatic heterocycles. The van der Waals surface area contributed by atoms with Gasteiger partial charge in [-0.2, -0.15) is 0 Å². The maximum Gasteiger partial charge on any atom is 0.0620 e. The maximum atomic E-state index is 5.33. The number of nitrogens with one attached hydrogen (secondary N) is 1. The van der Waals surface area contributed by atoms with Gasteiger partial charge in [-0.1, -0.05) is 20.3 Å². The molecule has 1 heterocycles. The predicted molar refractivity (Wildman–Crippen MR) is 55.9 cm³/mol. The second-order valence-electron chi connectivity index (χ2n) is 4.38. The van der Waals surface area contributed by atoms with Crippen molar-refractivity contribution in [3.05, 3.63) is 0 Å². The molecule has 0 aromatic rings. The second kappa shape index (κ2) is 5.61. The molecule has 0 bridgehead atoms. The van der Waals surface area contributed by atoms with Gasteiger partial charge in [-0.3, -0.25) is 0 Å². The SMILES string of the molecule is CCC(C)CC(C)NC1CCOC1. The van der Waals surface area contributed by atoms with Crippen LogP contribution in [-0.2, 0) is 4.74 Å². The van der Waals surface area contributed by atoms with Crippen molar-refractivity contribution >= 4 is 0 Å². The molecule has 0 aromatic heterocycles. The van der Waals surface area contributed by atoms with Gasteiger partial charge in [-0.25, -0.2) is 0 Å². The summed E-state index contributed by atoms with van der Waals surface area (Å²) in [5, 5.41) is 3.62. The number of rotatable bonds is 5. The molecule has 0 saturated carbocycles. The van der Waals surface area contributed by atoms with Crippen LogP contribution in [-0.4, -0.2) is 25.3 Å². The van der Waals surface area contributed by atoms with Gasteiger partial charge in [0.05, 0.1) is 6.61 Å². The van der Waals surface area contributed by atoms with Crippen LogP contribution in [0.1, 0.15) is 40.0 Å². The van der Waals surface area contributed by atoms with E-state index in [1.165, 1.54) is 19.3 Å². The zero-order chi connectivity index (χ0) is 9.68. The van der Waals surface area contributed by atoms with Gasteiger partial charge in [0.1, 0.15) is 0 Å². The van der Waals surface area contributed by atoms with E-state index < -0.39 is 0 Å². The number of hydrogen-bond donors (Lipinski definition) is 1. The van der Waals surface area contributed by atoms with Crippen LogP contribution in [0.5, 0.6) is 0 Å². The lowest BCUT2D eigenvalue weighted by molar-refractivity contribution is 0.187. The molecule has 0 aliphatic carbocycles. The van der Waals surface area contributed by atoms with E-state index in [-0.39, 0.29) is 0 Å². The Labute approximate surface area is 82.0 Å². The first-order valence-electron chi connectivity index (χ1n) is 5.56. The molecule has 0 aromatic carbocycles. The Kier molecular flexibility index (Phi) is 4.74. The molecule has 13 heavy (non-hydrogen) atoms. The summed E-state index contributed by atoms with van der Waals surface area (Å²) < 4.78 is 5.33. The van der Waals surface area contributed by atoms with Crippen LogP contribution in [0.25, 0.3) is 0 Å². The third-order valence-corrected chi connectivity index (χ3v) is 2.90. The van der Waals surface area contributed by atoms with Crippen LogP contribution in [0.3, 0.4) is 0 Å². The van der Waals surface area contributed by atoms with E-state index in [0.29, 0.717) is 12.1 Å². The summed E-state index contributed by atoms with van der Waals surface area (Å²) >= 11 is 0.